The second-order valence-electron chi connectivity index (χ2n) is 2.65. The number of aromatic amines is 1. The number of hydrogen-bond donors (Lipinski definition) is 2. The van der Waals surface area contributed by atoms with Crippen molar-refractivity contribution in [3.05, 3.63) is 24.0 Å². The predicted molar refractivity (Wildman–Crippen MR) is 48.8 cm³/mol. The van der Waals surface area contributed by atoms with Crippen LogP contribution in [0.1, 0.15) is 25.1 Å². The highest BCUT2D eigenvalue weighted by atomic mass is 16.5. The van der Waals surface area contributed by atoms with E-state index in [1.165, 1.54) is 0 Å². The van der Waals surface area contributed by atoms with Gasteiger partial charge < -0.3 is 15.5 Å². The van der Waals surface area contributed by atoms with E-state index in [0.29, 0.717) is 6.54 Å². The van der Waals surface area contributed by atoms with E-state index in [9.17, 15) is 0 Å². The molecule has 0 saturated heterocycles. The van der Waals surface area contributed by atoms with E-state index < -0.39 is 0 Å². The van der Waals surface area contributed by atoms with E-state index >= 15 is 0 Å². The molecule has 1 rings (SSSR count). The highest BCUT2D eigenvalue weighted by Crippen LogP contribution is 2.17. The van der Waals surface area contributed by atoms with Gasteiger partial charge in [-0.05, 0) is 32.0 Å². The molecule has 0 spiro atoms. The molecule has 0 amide bonds. The molecule has 0 aromatic carbocycles. The minimum absolute atomic E-state index is 0.134. The van der Waals surface area contributed by atoms with Gasteiger partial charge in [-0.15, -0.1) is 0 Å². The Balaban J connectivity index is 2.53. The maximum atomic E-state index is 5.52. The van der Waals surface area contributed by atoms with Crippen LogP contribution in [0.2, 0.25) is 0 Å². The minimum Gasteiger partial charge on any atom is -0.372 e. The Kier molecular flexibility index (Phi) is 3.84. The van der Waals surface area contributed by atoms with Gasteiger partial charge in [-0.1, -0.05) is 0 Å². The van der Waals surface area contributed by atoms with Gasteiger partial charge in [-0.25, -0.2) is 0 Å². The Morgan fingerprint density at radius 3 is 3.00 bits per heavy atom. The number of H-pyrrole nitrogens is 1. The molecule has 0 saturated carbocycles. The Bertz CT molecular complexity index is 190. The summed E-state index contributed by atoms with van der Waals surface area (Å²) in [6.07, 6.45) is 2.90. The van der Waals surface area contributed by atoms with E-state index in [4.69, 9.17) is 10.5 Å². The molecular formula is C9H16N2O. The van der Waals surface area contributed by atoms with Crippen molar-refractivity contribution in [2.75, 3.05) is 13.2 Å². The zero-order chi connectivity index (χ0) is 8.81. The quantitative estimate of drug-likeness (QED) is 0.699. The maximum absolute atomic E-state index is 5.52. The Labute approximate surface area is 72.9 Å². The molecule has 0 aliphatic rings. The molecule has 0 aliphatic heterocycles. The average Bonchev–Trinajstić information content (AvgIpc) is 2.56. The van der Waals surface area contributed by atoms with E-state index in [2.05, 4.69) is 4.98 Å². The van der Waals surface area contributed by atoms with Gasteiger partial charge in [-0.3, -0.25) is 0 Å². The van der Waals surface area contributed by atoms with Crippen molar-refractivity contribution in [1.82, 2.24) is 4.98 Å². The van der Waals surface area contributed by atoms with E-state index in [1.54, 1.807) is 0 Å². The third-order valence-electron chi connectivity index (χ3n) is 1.77. The lowest BCUT2D eigenvalue weighted by Crippen LogP contribution is -2.10. The van der Waals surface area contributed by atoms with Gasteiger partial charge in [0.25, 0.3) is 0 Å². The number of rotatable bonds is 5. The van der Waals surface area contributed by atoms with Crippen LogP contribution < -0.4 is 5.73 Å². The van der Waals surface area contributed by atoms with E-state index in [0.717, 1.165) is 18.7 Å². The van der Waals surface area contributed by atoms with Gasteiger partial charge in [-0.2, -0.15) is 0 Å². The summed E-state index contributed by atoms with van der Waals surface area (Å²) in [6.45, 7) is 3.37. The van der Waals surface area contributed by atoms with Gasteiger partial charge in [0.15, 0.2) is 0 Å². The number of aromatic nitrogens is 1. The largest absolute Gasteiger partial charge is 0.372 e. The topological polar surface area (TPSA) is 51.0 Å². The van der Waals surface area contributed by atoms with Crippen LogP contribution in [0.5, 0.6) is 0 Å². The summed E-state index contributed by atoms with van der Waals surface area (Å²) in [6, 6.07) is 3.99. The van der Waals surface area contributed by atoms with Gasteiger partial charge in [0.1, 0.15) is 0 Å². The molecule has 1 atom stereocenters. The van der Waals surface area contributed by atoms with Crippen LogP contribution in [0.25, 0.3) is 0 Å². The Morgan fingerprint density at radius 2 is 2.50 bits per heavy atom. The van der Waals surface area contributed by atoms with Crippen molar-refractivity contribution >= 4 is 0 Å². The number of ether oxygens (including phenoxy) is 1. The summed E-state index contributed by atoms with van der Waals surface area (Å²) in [5, 5.41) is 0. The first-order valence-electron chi connectivity index (χ1n) is 4.33. The van der Waals surface area contributed by atoms with Crippen molar-refractivity contribution in [1.29, 1.82) is 0 Å². The number of hydrogen-bond acceptors (Lipinski definition) is 2. The van der Waals surface area contributed by atoms with Gasteiger partial charge in [0.05, 0.1) is 6.10 Å². The first-order chi connectivity index (χ1) is 5.88. The van der Waals surface area contributed by atoms with Crippen LogP contribution >= 0.6 is 0 Å². The smallest absolute Gasteiger partial charge is 0.0984 e. The van der Waals surface area contributed by atoms with E-state index in [1.807, 2.05) is 25.3 Å². The van der Waals surface area contributed by atoms with Crippen LogP contribution in [-0.2, 0) is 4.74 Å². The Hall–Kier alpha value is -0.800. The SMILES string of the molecule is CCO[C@@H](CCN)c1ccc[nH]1. The Morgan fingerprint density at radius 1 is 1.67 bits per heavy atom. The van der Waals surface area contributed by atoms with Crippen LogP contribution in [0.4, 0.5) is 0 Å². The fourth-order valence-corrected chi connectivity index (χ4v) is 1.23. The molecule has 0 fully saturated rings. The lowest BCUT2D eigenvalue weighted by molar-refractivity contribution is 0.0553. The highest BCUT2D eigenvalue weighted by molar-refractivity contribution is 5.07. The molecule has 0 aliphatic carbocycles. The number of nitrogens with two attached hydrogens (primary N) is 1. The molecular weight excluding hydrogens is 152 g/mol. The zero-order valence-corrected chi connectivity index (χ0v) is 7.42. The first kappa shape index (κ1) is 9.29. The van der Waals surface area contributed by atoms with Crippen LogP contribution in [0, 0.1) is 0 Å². The summed E-state index contributed by atoms with van der Waals surface area (Å²) in [4.78, 5) is 3.13. The van der Waals surface area contributed by atoms with Crippen molar-refractivity contribution < 1.29 is 4.74 Å². The fraction of sp³-hybridized carbons (Fsp3) is 0.556. The van der Waals surface area contributed by atoms with Gasteiger partial charge in [0, 0.05) is 18.5 Å². The summed E-state index contributed by atoms with van der Waals surface area (Å²) in [5.41, 5.74) is 6.59. The van der Waals surface area contributed by atoms with Crippen molar-refractivity contribution in [3.8, 4) is 0 Å². The second kappa shape index (κ2) is 4.95. The van der Waals surface area contributed by atoms with E-state index in [-0.39, 0.29) is 6.10 Å². The number of nitrogens with one attached hydrogen (secondary N) is 1. The molecule has 3 N–H and O–H groups in total. The van der Waals surface area contributed by atoms with Crippen molar-refractivity contribution in [2.45, 2.75) is 19.4 Å². The molecule has 0 radical (unpaired) electrons. The van der Waals surface area contributed by atoms with Gasteiger partial charge >= 0.3 is 0 Å². The van der Waals surface area contributed by atoms with Crippen molar-refractivity contribution in [3.63, 3.8) is 0 Å². The molecule has 12 heavy (non-hydrogen) atoms. The minimum atomic E-state index is 0.134. The lowest BCUT2D eigenvalue weighted by Gasteiger charge is -2.14. The monoisotopic (exact) mass is 168 g/mol. The summed E-state index contributed by atoms with van der Waals surface area (Å²) >= 11 is 0. The molecule has 0 unspecified atom stereocenters. The lowest BCUT2D eigenvalue weighted by atomic mass is 10.2. The molecule has 1 aromatic heterocycles. The molecule has 1 heterocycles. The third-order valence-corrected chi connectivity index (χ3v) is 1.77. The van der Waals surface area contributed by atoms with Crippen LogP contribution in [0.3, 0.4) is 0 Å². The normalized spacial score (nSPS) is 13.2. The molecule has 3 heteroatoms. The second-order valence-corrected chi connectivity index (χ2v) is 2.65. The molecule has 0 bridgehead atoms. The molecule has 1 aromatic rings. The zero-order valence-electron chi connectivity index (χ0n) is 7.42. The molecule has 3 nitrogen and oxygen atoms in total. The standard InChI is InChI=1S/C9H16N2O/c1-2-12-9(5-6-10)8-4-3-7-11-8/h3-4,7,9,11H,2,5-6,10H2,1H3/t9-/m0/s1. The average molecular weight is 168 g/mol. The highest BCUT2D eigenvalue weighted by Gasteiger charge is 2.09. The summed E-state index contributed by atoms with van der Waals surface area (Å²) in [7, 11) is 0. The first-order valence-corrected chi connectivity index (χ1v) is 4.33. The van der Waals surface area contributed by atoms with Crippen LogP contribution in [0.15, 0.2) is 18.3 Å². The summed E-state index contributed by atoms with van der Waals surface area (Å²) in [5.74, 6) is 0. The summed E-state index contributed by atoms with van der Waals surface area (Å²) < 4.78 is 5.52. The van der Waals surface area contributed by atoms with Crippen LogP contribution in [-0.4, -0.2) is 18.1 Å². The predicted octanol–water partition coefficient (Wildman–Crippen LogP) is 1.44. The molecule has 68 valence electrons. The fourth-order valence-electron chi connectivity index (χ4n) is 1.23. The van der Waals surface area contributed by atoms with Gasteiger partial charge in [0.2, 0.25) is 0 Å². The van der Waals surface area contributed by atoms with Crippen molar-refractivity contribution in [2.24, 2.45) is 5.73 Å². The third kappa shape index (κ3) is 2.36. The maximum Gasteiger partial charge on any atom is 0.0984 e.